The third-order valence-corrected chi connectivity index (χ3v) is 5.51. The van der Waals surface area contributed by atoms with Gasteiger partial charge < -0.3 is 20.0 Å². The van der Waals surface area contributed by atoms with Crippen LogP contribution in [-0.2, 0) is 9.53 Å². The zero-order chi connectivity index (χ0) is 19.5. The molecule has 0 aliphatic carbocycles. The molecule has 6 heteroatoms. The average molecular weight is 378 g/mol. The minimum absolute atomic E-state index is 0.0265. The van der Waals surface area contributed by atoms with E-state index >= 15 is 0 Å². The molecule has 0 fully saturated rings. The minimum Gasteiger partial charge on any atom is -0.385 e. The maximum absolute atomic E-state index is 13.1. The van der Waals surface area contributed by atoms with Crippen molar-refractivity contribution in [1.29, 1.82) is 0 Å². The van der Waals surface area contributed by atoms with Gasteiger partial charge in [-0.3, -0.25) is 4.79 Å². The van der Waals surface area contributed by atoms with Crippen LogP contribution in [0.5, 0.6) is 0 Å². The van der Waals surface area contributed by atoms with Crippen LogP contribution in [0.15, 0.2) is 35.6 Å². The number of carbonyl (C=O) groups excluding carboxylic acids is 1. The quantitative estimate of drug-likeness (QED) is 0.796. The highest BCUT2D eigenvalue weighted by molar-refractivity contribution is 6.25. The lowest BCUT2D eigenvalue weighted by Gasteiger charge is -2.34. The molecule has 28 heavy (non-hydrogen) atoms. The molecule has 3 aliphatic rings. The number of carbonyl (C=O) groups is 1. The second-order valence-electron chi connectivity index (χ2n) is 7.25. The Bertz CT molecular complexity index is 880. The Balaban J connectivity index is 1.61. The van der Waals surface area contributed by atoms with E-state index in [4.69, 9.17) is 4.74 Å². The Hall–Kier alpha value is -2.78. The molecule has 0 radical (unpaired) electrons. The minimum atomic E-state index is -0.263. The van der Waals surface area contributed by atoms with Crippen molar-refractivity contribution in [2.75, 3.05) is 38.3 Å². The summed E-state index contributed by atoms with van der Waals surface area (Å²) in [6, 6.07) is 6.04. The van der Waals surface area contributed by atoms with Crippen molar-refractivity contribution in [2.45, 2.75) is 25.8 Å². The molecular weight excluding hydrogens is 352 g/mol. The Labute approximate surface area is 166 Å². The van der Waals surface area contributed by atoms with Gasteiger partial charge in [0.1, 0.15) is 5.92 Å². The molecule has 2 unspecified atom stereocenters. The summed E-state index contributed by atoms with van der Waals surface area (Å²) in [5.74, 6) is 6.37. The number of nitrogens with one attached hydrogen (secondary N) is 1. The first-order valence-corrected chi connectivity index (χ1v) is 9.90. The summed E-state index contributed by atoms with van der Waals surface area (Å²) in [6.45, 7) is 5.02. The summed E-state index contributed by atoms with van der Waals surface area (Å²) in [7, 11) is 1.68. The van der Waals surface area contributed by atoms with E-state index in [2.05, 4.69) is 45.6 Å². The standard InChI is InChI=1S/C22H26N4O2/c1-3-26-19-9-8-16(7-6-13-25-11-4-5-12-25)15-17(19)21-20(22(26)27)18(23-24-21)10-14-28-2/h4,8-9,11,15,18,20,23H,3,5,10,12-14H2,1-2H3. The summed E-state index contributed by atoms with van der Waals surface area (Å²) in [5.41, 5.74) is 6.87. The molecule has 0 saturated carbocycles. The zero-order valence-corrected chi connectivity index (χ0v) is 16.4. The predicted octanol–water partition coefficient (Wildman–Crippen LogP) is 1.95. The van der Waals surface area contributed by atoms with Crippen molar-refractivity contribution >= 4 is 17.3 Å². The van der Waals surface area contributed by atoms with Crippen LogP contribution in [0.4, 0.5) is 5.69 Å². The van der Waals surface area contributed by atoms with E-state index in [9.17, 15) is 4.79 Å². The fraction of sp³-hybridized carbons (Fsp3) is 0.455. The van der Waals surface area contributed by atoms with Crippen LogP contribution in [0.2, 0.25) is 0 Å². The first-order valence-electron chi connectivity index (χ1n) is 9.90. The number of amides is 1. The van der Waals surface area contributed by atoms with Crippen molar-refractivity contribution in [3.05, 3.63) is 41.6 Å². The number of rotatable bonds is 5. The Morgan fingerprint density at radius 2 is 2.29 bits per heavy atom. The van der Waals surface area contributed by atoms with Crippen molar-refractivity contribution in [3.8, 4) is 11.8 Å². The smallest absolute Gasteiger partial charge is 0.238 e. The van der Waals surface area contributed by atoms with Crippen LogP contribution in [0, 0.1) is 17.8 Å². The number of ether oxygens (including phenoxy) is 1. The molecule has 4 rings (SSSR count). The second-order valence-corrected chi connectivity index (χ2v) is 7.25. The van der Waals surface area contributed by atoms with Crippen molar-refractivity contribution in [1.82, 2.24) is 10.3 Å². The molecule has 3 heterocycles. The molecule has 1 N–H and O–H groups in total. The zero-order valence-electron chi connectivity index (χ0n) is 16.4. The highest BCUT2D eigenvalue weighted by atomic mass is 16.5. The van der Waals surface area contributed by atoms with Crippen LogP contribution in [-0.4, -0.2) is 55.9 Å². The molecule has 2 atom stereocenters. The van der Waals surface area contributed by atoms with Gasteiger partial charge in [-0.25, -0.2) is 0 Å². The van der Waals surface area contributed by atoms with Crippen molar-refractivity contribution < 1.29 is 9.53 Å². The maximum Gasteiger partial charge on any atom is 0.238 e. The van der Waals surface area contributed by atoms with E-state index in [0.29, 0.717) is 13.2 Å². The molecule has 0 saturated heterocycles. The van der Waals surface area contributed by atoms with E-state index in [-0.39, 0.29) is 17.9 Å². The van der Waals surface area contributed by atoms with Gasteiger partial charge in [0, 0.05) is 37.9 Å². The third-order valence-electron chi connectivity index (χ3n) is 5.51. The van der Waals surface area contributed by atoms with Crippen LogP contribution < -0.4 is 10.3 Å². The number of hydrogen-bond acceptors (Lipinski definition) is 5. The van der Waals surface area contributed by atoms with Gasteiger partial charge in [-0.1, -0.05) is 17.9 Å². The fourth-order valence-electron chi connectivity index (χ4n) is 4.06. The van der Waals surface area contributed by atoms with E-state index in [1.807, 2.05) is 24.0 Å². The molecule has 1 aromatic rings. The Morgan fingerprint density at radius 1 is 1.39 bits per heavy atom. The van der Waals surface area contributed by atoms with Gasteiger partial charge in [0.2, 0.25) is 5.91 Å². The second kappa shape index (κ2) is 8.07. The first-order chi connectivity index (χ1) is 13.7. The van der Waals surface area contributed by atoms with Crippen LogP contribution in [0.1, 0.15) is 30.9 Å². The first kappa shape index (κ1) is 18.6. The summed E-state index contributed by atoms with van der Waals surface area (Å²) < 4.78 is 5.20. The molecule has 1 aromatic carbocycles. The number of methoxy groups -OCH3 is 1. The predicted molar refractivity (Wildman–Crippen MR) is 110 cm³/mol. The lowest BCUT2D eigenvalue weighted by molar-refractivity contribution is -0.121. The molecular formula is C22H26N4O2. The summed E-state index contributed by atoms with van der Waals surface area (Å²) in [4.78, 5) is 17.2. The molecule has 0 aromatic heterocycles. The lowest BCUT2D eigenvalue weighted by Crippen LogP contribution is -2.49. The number of benzene rings is 1. The molecule has 0 bridgehead atoms. The summed E-state index contributed by atoms with van der Waals surface area (Å²) in [5, 5.41) is 4.54. The normalized spacial score (nSPS) is 22.4. The van der Waals surface area contributed by atoms with Crippen molar-refractivity contribution in [3.63, 3.8) is 0 Å². The Morgan fingerprint density at radius 3 is 3.04 bits per heavy atom. The van der Waals surface area contributed by atoms with Crippen LogP contribution in [0.3, 0.4) is 0 Å². The van der Waals surface area contributed by atoms with Gasteiger partial charge in [0.05, 0.1) is 24.0 Å². The van der Waals surface area contributed by atoms with Gasteiger partial charge in [0.15, 0.2) is 0 Å². The van der Waals surface area contributed by atoms with Gasteiger partial charge in [-0.15, -0.1) is 0 Å². The van der Waals surface area contributed by atoms with Gasteiger partial charge in [-0.2, -0.15) is 5.10 Å². The molecule has 0 spiro atoms. The fourth-order valence-corrected chi connectivity index (χ4v) is 4.06. The lowest BCUT2D eigenvalue weighted by atomic mass is 9.84. The molecule has 1 amide bonds. The number of hydrazone groups is 1. The number of hydrogen-bond donors (Lipinski definition) is 1. The van der Waals surface area contributed by atoms with E-state index in [0.717, 1.165) is 48.5 Å². The van der Waals surface area contributed by atoms with Crippen LogP contribution in [0.25, 0.3) is 0 Å². The largest absolute Gasteiger partial charge is 0.385 e. The third kappa shape index (κ3) is 3.38. The van der Waals surface area contributed by atoms with Gasteiger partial charge in [-0.05, 0) is 44.2 Å². The number of nitrogens with zero attached hydrogens (tertiary/aromatic N) is 3. The van der Waals surface area contributed by atoms with Gasteiger partial charge >= 0.3 is 0 Å². The maximum atomic E-state index is 13.1. The monoisotopic (exact) mass is 378 g/mol. The highest BCUT2D eigenvalue weighted by Gasteiger charge is 2.45. The highest BCUT2D eigenvalue weighted by Crippen LogP contribution is 2.36. The summed E-state index contributed by atoms with van der Waals surface area (Å²) in [6.07, 6.45) is 6.12. The molecule has 3 aliphatic heterocycles. The van der Waals surface area contributed by atoms with E-state index < -0.39 is 0 Å². The van der Waals surface area contributed by atoms with E-state index in [1.54, 1.807) is 7.11 Å². The Kier molecular flexibility index (Phi) is 5.36. The summed E-state index contributed by atoms with van der Waals surface area (Å²) >= 11 is 0. The van der Waals surface area contributed by atoms with E-state index in [1.165, 1.54) is 0 Å². The average Bonchev–Trinajstić information content (AvgIpc) is 3.37. The molecule has 146 valence electrons. The number of fused-ring (bicyclic) bond motifs is 3. The van der Waals surface area contributed by atoms with Crippen molar-refractivity contribution in [2.24, 2.45) is 11.0 Å². The van der Waals surface area contributed by atoms with Gasteiger partial charge in [0.25, 0.3) is 0 Å². The van der Waals surface area contributed by atoms with Crippen LogP contribution >= 0.6 is 0 Å². The molecule has 6 nitrogen and oxygen atoms in total. The SMILES string of the molecule is CCN1C(=O)C2C(=NNC2CCOC)c2cc(C#CCN3C=CCC3)ccc21. The topological polar surface area (TPSA) is 57.2 Å². The number of anilines is 1.